The van der Waals surface area contributed by atoms with E-state index in [0.717, 1.165) is 16.3 Å². The van der Waals surface area contributed by atoms with Crippen LogP contribution in [0.3, 0.4) is 0 Å². The zero-order chi connectivity index (χ0) is 27.0. The topological polar surface area (TPSA) is 86.3 Å². The summed E-state index contributed by atoms with van der Waals surface area (Å²) >= 11 is 18.5. The molecule has 1 N–H and O–H groups in total. The lowest BCUT2D eigenvalue weighted by atomic mass is 10.1. The molecule has 0 spiro atoms. The number of anilines is 1. The van der Waals surface area contributed by atoms with Gasteiger partial charge in [-0.05, 0) is 35.9 Å². The van der Waals surface area contributed by atoms with Gasteiger partial charge in [0.2, 0.25) is 0 Å². The Labute approximate surface area is 229 Å². The number of hydrogen-bond donors (Lipinski definition) is 1. The Morgan fingerprint density at radius 2 is 1.89 bits per heavy atom. The van der Waals surface area contributed by atoms with Gasteiger partial charge in [0.15, 0.2) is 11.5 Å². The van der Waals surface area contributed by atoms with Gasteiger partial charge in [0.05, 0.1) is 25.5 Å². The highest BCUT2D eigenvalue weighted by atomic mass is 35.5. The number of ether oxygens (including phenoxy) is 1. The molecule has 194 valence electrons. The van der Waals surface area contributed by atoms with Crippen molar-refractivity contribution in [1.82, 2.24) is 24.4 Å². The molecule has 3 aromatic heterocycles. The van der Waals surface area contributed by atoms with Crippen LogP contribution in [-0.4, -0.2) is 37.4 Å². The first-order valence-electron chi connectivity index (χ1n) is 11.0. The summed E-state index contributed by atoms with van der Waals surface area (Å²) in [6.45, 7) is 0.268. The Kier molecular flexibility index (Phi) is 7.20. The van der Waals surface area contributed by atoms with Gasteiger partial charge in [0.25, 0.3) is 12.3 Å². The molecule has 0 aliphatic heterocycles. The third kappa shape index (κ3) is 5.02. The summed E-state index contributed by atoms with van der Waals surface area (Å²) in [5.41, 5.74) is 0.872. The number of para-hydroxylation sites is 1. The molecule has 0 unspecified atom stereocenters. The van der Waals surface area contributed by atoms with Crippen LogP contribution in [0.4, 0.5) is 14.6 Å². The van der Waals surface area contributed by atoms with Crippen LogP contribution in [0.25, 0.3) is 16.9 Å². The lowest BCUT2D eigenvalue weighted by Gasteiger charge is -2.11. The van der Waals surface area contributed by atoms with E-state index >= 15 is 0 Å². The standard InChI is InChI=1S/C25H17Cl3F2N6O2/c1-38-21-5-3-2-4-15(21)19-9-20(22(29)30)36-24(32-19)16(10-31-36)25(37)33-23-18(28)12-35(34-23)11-13-6-7-14(26)8-17(13)27/h2-10,12,22H,11H2,1H3,(H,33,34,37). The number of benzene rings is 2. The van der Waals surface area contributed by atoms with Gasteiger partial charge in [0, 0.05) is 21.8 Å². The first-order valence-corrected chi connectivity index (χ1v) is 12.2. The van der Waals surface area contributed by atoms with E-state index in [1.54, 1.807) is 42.5 Å². The highest BCUT2D eigenvalue weighted by Gasteiger charge is 2.23. The summed E-state index contributed by atoms with van der Waals surface area (Å²) < 4.78 is 35.7. The maximum atomic E-state index is 14.0. The number of methoxy groups -OCH3 is 1. The van der Waals surface area contributed by atoms with Crippen LogP contribution < -0.4 is 10.1 Å². The number of amides is 1. The second kappa shape index (κ2) is 10.6. The summed E-state index contributed by atoms with van der Waals surface area (Å²) in [6.07, 6.45) is -0.200. The normalized spacial score (nSPS) is 11.3. The van der Waals surface area contributed by atoms with Crippen LogP contribution >= 0.6 is 34.8 Å². The molecule has 1 amide bonds. The van der Waals surface area contributed by atoms with Gasteiger partial charge in [-0.25, -0.2) is 18.3 Å². The number of halogens is 5. The first-order chi connectivity index (χ1) is 18.2. The fourth-order valence-corrected chi connectivity index (χ4v) is 4.52. The molecule has 8 nitrogen and oxygen atoms in total. The van der Waals surface area contributed by atoms with Crippen molar-refractivity contribution in [1.29, 1.82) is 0 Å². The van der Waals surface area contributed by atoms with E-state index in [0.29, 0.717) is 21.4 Å². The van der Waals surface area contributed by atoms with Crippen molar-refractivity contribution in [3.63, 3.8) is 0 Å². The lowest BCUT2D eigenvalue weighted by molar-refractivity contribution is 0.102. The second-order valence-corrected chi connectivity index (χ2v) is 9.32. The number of hydrogen-bond acceptors (Lipinski definition) is 5. The maximum absolute atomic E-state index is 14.0. The van der Waals surface area contributed by atoms with Crippen molar-refractivity contribution in [3.8, 4) is 17.0 Å². The Balaban J connectivity index is 1.48. The molecular weight excluding hydrogens is 561 g/mol. The zero-order valence-corrected chi connectivity index (χ0v) is 21.8. The van der Waals surface area contributed by atoms with Crippen molar-refractivity contribution in [2.45, 2.75) is 13.0 Å². The van der Waals surface area contributed by atoms with E-state index in [1.807, 2.05) is 0 Å². The fourth-order valence-electron chi connectivity index (χ4n) is 3.86. The van der Waals surface area contributed by atoms with Gasteiger partial charge in [-0.15, -0.1) is 0 Å². The van der Waals surface area contributed by atoms with Crippen LogP contribution in [-0.2, 0) is 6.54 Å². The Hall–Kier alpha value is -3.73. The average Bonchev–Trinajstić information content (AvgIpc) is 3.47. The number of alkyl halides is 2. The van der Waals surface area contributed by atoms with Crippen molar-refractivity contribution < 1.29 is 18.3 Å². The lowest BCUT2D eigenvalue weighted by Crippen LogP contribution is -2.14. The summed E-state index contributed by atoms with van der Waals surface area (Å²) in [5.74, 6) is -0.175. The van der Waals surface area contributed by atoms with Crippen LogP contribution in [0.2, 0.25) is 15.1 Å². The van der Waals surface area contributed by atoms with Gasteiger partial charge < -0.3 is 10.1 Å². The highest BCUT2D eigenvalue weighted by molar-refractivity contribution is 6.35. The van der Waals surface area contributed by atoms with Crippen molar-refractivity contribution in [2.75, 3.05) is 12.4 Å². The van der Waals surface area contributed by atoms with E-state index in [2.05, 4.69) is 20.5 Å². The molecule has 5 aromatic rings. The molecule has 5 rings (SSSR count). The summed E-state index contributed by atoms with van der Waals surface area (Å²) in [6, 6.07) is 13.1. The monoisotopic (exact) mass is 576 g/mol. The quantitative estimate of drug-likeness (QED) is 0.230. The largest absolute Gasteiger partial charge is 0.496 e. The van der Waals surface area contributed by atoms with E-state index in [9.17, 15) is 13.6 Å². The minimum absolute atomic E-state index is 0.0463. The predicted octanol–water partition coefficient (Wildman–Crippen LogP) is 6.80. The minimum Gasteiger partial charge on any atom is -0.496 e. The Bertz CT molecular complexity index is 1670. The van der Waals surface area contributed by atoms with E-state index in [-0.39, 0.29) is 34.3 Å². The van der Waals surface area contributed by atoms with E-state index in [4.69, 9.17) is 39.5 Å². The zero-order valence-electron chi connectivity index (χ0n) is 19.5. The number of carbonyl (C=O) groups is 1. The molecule has 0 radical (unpaired) electrons. The Morgan fingerprint density at radius 1 is 1.11 bits per heavy atom. The van der Waals surface area contributed by atoms with E-state index in [1.165, 1.54) is 24.1 Å². The third-order valence-corrected chi connectivity index (χ3v) is 6.51. The van der Waals surface area contributed by atoms with Gasteiger partial charge in [-0.1, -0.05) is 53.0 Å². The van der Waals surface area contributed by atoms with Crippen molar-refractivity contribution in [3.05, 3.63) is 92.8 Å². The summed E-state index contributed by atoms with van der Waals surface area (Å²) in [4.78, 5) is 17.7. The molecule has 0 fully saturated rings. The number of aromatic nitrogens is 5. The molecule has 0 bridgehead atoms. The molecule has 13 heteroatoms. The van der Waals surface area contributed by atoms with Crippen LogP contribution in [0.15, 0.2) is 60.9 Å². The van der Waals surface area contributed by atoms with Gasteiger partial charge in [-0.2, -0.15) is 10.2 Å². The van der Waals surface area contributed by atoms with Gasteiger partial charge in [0.1, 0.15) is 22.0 Å². The molecule has 38 heavy (non-hydrogen) atoms. The highest BCUT2D eigenvalue weighted by Crippen LogP contribution is 2.32. The molecule has 0 atom stereocenters. The van der Waals surface area contributed by atoms with Gasteiger partial charge in [-0.3, -0.25) is 9.48 Å². The number of carbonyl (C=O) groups excluding carboxylic acids is 1. The minimum atomic E-state index is -2.88. The fraction of sp³-hybridized carbons (Fsp3) is 0.120. The molecule has 2 aromatic carbocycles. The summed E-state index contributed by atoms with van der Waals surface area (Å²) in [7, 11) is 1.47. The number of rotatable bonds is 7. The predicted molar refractivity (Wildman–Crippen MR) is 141 cm³/mol. The van der Waals surface area contributed by atoms with Crippen molar-refractivity contribution >= 4 is 52.2 Å². The SMILES string of the molecule is COc1ccccc1-c1cc(C(F)F)n2ncc(C(=O)Nc3nn(Cc4ccc(Cl)cc4Cl)cc3Cl)c2n1. The maximum Gasteiger partial charge on any atom is 0.280 e. The summed E-state index contributed by atoms with van der Waals surface area (Å²) in [5, 5.41) is 12.0. The second-order valence-electron chi connectivity index (χ2n) is 8.07. The number of fused-ring (bicyclic) bond motifs is 1. The van der Waals surface area contributed by atoms with Crippen LogP contribution in [0.1, 0.15) is 28.0 Å². The molecule has 0 saturated carbocycles. The third-order valence-electron chi connectivity index (χ3n) is 5.65. The van der Waals surface area contributed by atoms with Crippen LogP contribution in [0, 0.1) is 0 Å². The van der Waals surface area contributed by atoms with Crippen molar-refractivity contribution in [2.24, 2.45) is 0 Å². The number of nitrogens with zero attached hydrogens (tertiary/aromatic N) is 5. The average molecular weight is 578 g/mol. The molecule has 0 saturated heterocycles. The smallest absolute Gasteiger partial charge is 0.280 e. The van der Waals surface area contributed by atoms with Crippen LogP contribution in [0.5, 0.6) is 5.75 Å². The van der Waals surface area contributed by atoms with Gasteiger partial charge >= 0.3 is 0 Å². The van der Waals surface area contributed by atoms with E-state index < -0.39 is 18.0 Å². The first kappa shape index (κ1) is 25.9. The number of nitrogens with one attached hydrogen (secondary N) is 1. The Morgan fingerprint density at radius 3 is 2.63 bits per heavy atom. The molecule has 3 heterocycles. The molecular formula is C25H17Cl3F2N6O2. The molecule has 0 aliphatic carbocycles. The molecule has 0 aliphatic rings.